The second-order valence-corrected chi connectivity index (χ2v) is 6.98. The normalized spacial score (nSPS) is 18.5. The number of carbonyl (C=O) groups excluding carboxylic acids is 2. The van der Waals surface area contributed by atoms with Crippen molar-refractivity contribution in [2.45, 2.75) is 6.04 Å². The number of hydrogen-bond donors (Lipinski definition) is 1. The topological polar surface area (TPSA) is 57.6 Å². The summed E-state index contributed by atoms with van der Waals surface area (Å²) in [5.74, 6) is -1.93. The molecule has 3 aromatic rings. The molecule has 4 nitrogen and oxygen atoms in total. The molecular formula is C24H17F2NO3. The summed E-state index contributed by atoms with van der Waals surface area (Å²) >= 11 is 0. The Labute approximate surface area is 171 Å². The molecule has 0 bridgehead atoms. The van der Waals surface area contributed by atoms with Crippen molar-refractivity contribution < 1.29 is 23.5 Å². The molecule has 1 aliphatic rings. The van der Waals surface area contributed by atoms with Gasteiger partial charge in [-0.1, -0.05) is 18.2 Å². The highest BCUT2D eigenvalue weighted by atomic mass is 19.1. The average Bonchev–Trinajstić information content (AvgIpc) is 2.74. The van der Waals surface area contributed by atoms with Gasteiger partial charge in [-0.3, -0.25) is 9.59 Å². The number of aromatic hydroxyl groups is 1. The highest BCUT2D eigenvalue weighted by Crippen LogP contribution is 2.44. The van der Waals surface area contributed by atoms with Gasteiger partial charge in [-0.2, -0.15) is 0 Å². The molecule has 1 heterocycles. The number of anilines is 1. The number of ketones is 1. The molecule has 1 fully saturated rings. The van der Waals surface area contributed by atoms with Crippen molar-refractivity contribution in [2.75, 3.05) is 4.90 Å². The van der Waals surface area contributed by atoms with Crippen molar-refractivity contribution in [1.82, 2.24) is 0 Å². The number of allylic oxidation sites excluding steroid dienone is 1. The zero-order valence-electron chi connectivity index (χ0n) is 15.7. The number of nitrogens with zero attached hydrogens (tertiary/aromatic N) is 1. The average molecular weight is 405 g/mol. The first-order valence-electron chi connectivity index (χ1n) is 9.30. The van der Waals surface area contributed by atoms with Crippen molar-refractivity contribution in [1.29, 1.82) is 0 Å². The van der Waals surface area contributed by atoms with E-state index in [1.54, 1.807) is 12.1 Å². The van der Waals surface area contributed by atoms with Crippen molar-refractivity contribution in [2.24, 2.45) is 5.92 Å². The lowest BCUT2D eigenvalue weighted by Gasteiger charge is -2.46. The minimum Gasteiger partial charge on any atom is -0.508 e. The number of benzene rings is 3. The van der Waals surface area contributed by atoms with Gasteiger partial charge in [-0.25, -0.2) is 8.78 Å². The van der Waals surface area contributed by atoms with Crippen LogP contribution in [-0.2, 0) is 4.79 Å². The van der Waals surface area contributed by atoms with Gasteiger partial charge in [0.05, 0.1) is 12.0 Å². The Bertz CT molecular complexity index is 1110. The maximum atomic E-state index is 13.3. The summed E-state index contributed by atoms with van der Waals surface area (Å²) in [5, 5.41) is 9.57. The number of phenolic OH excluding ortho intramolecular Hbond substituents is 1. The van der Waals surface area contributed by atoms with Gasteiger partial charge in [0.15, 0.2) is 5.78 Å². The van der Waals surface area contributed by atoms with Crippen LogP contribution < -0.4 is 4.90 Å². The van der Waals surface area contributed by atoms with E-state index in [1.807, 2.05) is 0 Å². The first kappa shape index (κ1) is 19.5. The number of rotatable bonds is 5. The Balaban J connectivity index is 1.63. The van der Waals surface area contributed by atoms with Gasteiger partial charge in [0, 0.05) is 11.3 Å². The zero-order chi connectivity index (χ0) is 21.3. The summed E-state index contributed by atoms with van der Waals surface area (Å²) < 4.78 is 26.4. The largest absolute Gasteiger partial charge is 0.508 e. The number of hydrogen-bond acceptors (Lipinski definition) is 3. The van der Waals surface area contributed by atoms with Crippen molar-refractivity contribution in [3.63, 3.8) is 0 Å². The number of phenols is 1. The first-order chi connectivity index (χ1) is 14.4. The molecule has 1 saturated heterocycles. The lowest BCUT2D eigenvalue weighted by molar-refractivity contribution is -0.128. The minimum absolute atomic E-state index is 0.0938. The van der Waals surface area contributed by atoms with E-state index in [2.05, 4.69) is 0 Å². The lowest BCUT2D eigenvalue weighted by Crippen LogP contribution is -2.54. The van der Waals surface area contributed by atoms with E-state index < -0.39 is 23.6 Å². The highest BCUT2D eigenvalue weighted by Gasteiger charge is 2.47. The fourth-order valence-electron chi connectivity index (χ4n) is 3.52. The third kappa shape index (κ3) is 3.72. The molecule has 3 aromatic carbocycles. The van der Waals surface area contributed by atoms with Crippen LogP contribution in [0.25, 0.3) is 0 Å². The number of β-lactam (4-membered cyclic amide) rings is 1. The van der Waals surface area contributed by atoms with Crippen LogP contribution in [0.4, 0.5) is 14.5 Å². The quantitative estimate of drug-likeness (QED) is 0.376. The van der Waals surface area contributed by atoms with E-state index in [9.17, 15) is 23.5 Å². The molecule has 0 aromatic heterocycles. The van der Waals surface area contributed by atoms with Gasteiger partial charge in [-0.05, 0) is 72.3 Å². The summed E-state index contributed by atoms with van der Waals surface area (Å²) in [4.78, 5) is 26.8. The molecule has 6 heteroatoms. The summed E-state index contributed by atoms with van der Waals surface area (Å²) in [6, 6.07) is 16.8. The summed E-state index contributed by atoms with van der Waals surface area (Å²) in [5.41, 5.74) is 1.62. The maximum Gasteiger partial charge on any atom is 0.236 e. The SMILES string of the molecule is O=C(/C=C/[C@H]1C(=O)N(c2ccc(F)cc2)[C@@H]1c1ccc(O)cc1)c1ccc(F)cc1. The van der Waals surface area contributed by atoms with Crippen LogP contribution in [0.3, 0.4) is 0 Å². The molecular weight excluding hydrogens is 388 g/mol. The predicted octanol–water partition coefficient (Wildman–Crippen LogP) is 4.81. The van der Waals surface area contributed by atoms with Crippen LogP contribution in [-0.4, -0.2) is 16.8 Å². The van der Waals surface area contributed by atoms with Crippen LogP contribution in [0.1, 0.15) is 22.0 Å². The molecule has 0 spiro atoms. The van der Waals surface area contributed by atoms with Gasteiger partial charge < -0.3 is 10.0 Å². The van der Waals surface area contributed by atoms with Gasteiger partial charge in [0.25, 0.3) is 0 Å². The zero-order valence-corrected chi connectivity index (χ0v) is 15.7. The number of amides is 1. The Morgan fingerprint density at radius 1 is 0.867 bits per heavy atom. The molecule has 0 unspecified atom stereocenters. The molecule has 4 rings (SSSR count). The maximum absolute atomic E-state index is 13.3. The van der Waals surface area contributed by atoms with Crippen molar-refractivity contribution in [3.8, 4) is 5.75 Å². The van der Waals surface area contributed by atoms with Gasteiger partial charge in [0.1, 0.15) is 17.4 Å². The summed E-state index contributed by atoms with van der Waals surface area (Å²) in [6.45, 7) is 0. The molecule has 150 valence electrons. The highest BCUT2D eigenvalue weighted by molar-refractivity contribution is 6.07. The Kier molecular flexibility index (Phi) is 5.14. The fourth-order valence-corrected chi connectivity index (χ4v) is 3.52. The third-order valence-corrected chi connectivity index (χ3v) is 5.06. The summed E-state index contributed by atoms with van der Waals surface area (Å²) in [7, 11) is 0. The van der Waals surface area contributed by atoms with Crippen LogP contribution in [0, 0.1) is 17.6 Å². The fraction of sp³-hybridized carbons (Fsp3) is 0.0833. The number of carbonyl (C=O) groups is 2. The van der Waals surface area contributed by atoms with Gasteiger partial charge >= 0.3 is 0 Å². The molecule has 0 saturated carbocycles. The van der Waals surface area contributed by atoms with E-state index in [1.165, 1.54) is 77.7 Å². The van der Waals surface area contributed by atoms with E-state index in [0.717, 1.165) is 5.56 Å². The first-order valence-corrected chi connectivity index (χ1v) is 9.30. The Morgan fingerprint density at radius 3 is 2.03 bits per heavy atom. The smallest absolute Gasteiger partial charge is 0.236 e. The molecule has 0 radical (unpaired) electrons. The summed E-state index contributed by atoms with van der Waals surface area (Å²) in [6.07, 6.45) is 2.84. The monoisotopic (exact) mass is 405 g/mol. The third-order valence-electron chi connectivity index (χ3n) is 5.06. The molecule has 1 N–H and O–H groups in total. The van der Waals surface area contributed by atoms with Crippen LogP contribution in [0.5, 0.6) is 5.75 Å². The Hall–Kier alpha value is -3.80. The molecule has 30 heavy (non-hydrogen) atoms. The van der Waals surface area contributed by atoms with Crippen LogP contribution in [0.15, 0.2) is 84.9 Å². The minimum atomic E-state index is -0.607. The van der Waals surface area contributed by atoms with Crippen LogP contribution in [0.2, 0.25) is 0 Å². The van der Waals surface area contributed by atoms with Crippen molar-refractivity contribution in [3.05, 3.63) is 108 Å². The molecule has 1 aliphatic heterocycles. The predicted molar refractivity (Wildman–Crippen MR) is 108 cm³/mol. The molecule has 2 atom stereocenters. The van der Waals surface area contributed by atoms with E-state index in [-0.39, 0.29) is 17.4 Å². The van der Waals surface area contributed by atoms with E-state index in [4.69, 9.17) is 0 Å². The second-order valence-electron chi connectivity index (χ2n) is 6.98. The Morgan fingerprint density at radius 2 is 1.43 bits per heavy atom. The standard InChI is InChI=1S/C24H17F2NO3/c25-17-5-1-15(2-6-17)22(29)14-13-21-23(16-3-11-20(28)12-4-16)27(24(21)30)19-9-7-18(26)8-10-19/h1-14,21,23,28H/b14-13+/t21-,23-/m1/s1. The van der Waals surface area contributed by atoms with Crippen molar-refractivity contribution >= 4 is 17.4 Å². The van der Waals surface area contributed by atoms with E-state index in [0.29, 0.717) is 11.3 Å². The number of halogens is 2. The van der Waals surface area contributed by atoms with Gasteiger partial charge in [-0.15, -0.1) is 0 Å². The van der Waals surface area contributed by atoms with Gasteiger partial charge in [0.2, 0.25) is 5.91 Å². The van der Waals surface area contributed by atoms with Crippen LogP contribution >= 0.6 is 0 Å². The molecule has 1 amide bonds. The molecule has 0 aliphatic carbocycles. The van der Waals surface area contributed by atoms with E-state index >= 15 is 0 Å². The second kappa shape index (κ2) is 7.91. The lowest BCUT2D eigenvalue weighted by atomic mass is 9.81.